The molecule has 0 saturated carbocycles. The Hall–Kier alpha value is -1.08. The first kappa shape index (κ1) is 36.9. The highest BCUT2D eigenvalue weighted by Crippen LogP contribution is 2.40. The van der Waals surface area contributed by atoms with Gasteiger partial charge in [-0.1, -0.05) is 152 Å². The normalized spacial score (nSPS) is 15.9. The van der Waals surface area contributed by atoms with Crippen LogP contribution < -0.4 is 0 Å². The average Bonchev–Trinajstić information content (AvgIpc) is 2.94. The molecule has 0 amide bonds. The molecule has 1 rings (SSSR count). The molecule has 0 bridgehead atoms. The van der Waals surface area contributed by atoms with Gasteiger partial charge in [-0.15, -0.1) is 0 Å². The maximum absolute atomic E-state index is 2.55. The number of hydrogen-bond acceptors (Lipinski definition) is 1. The van der Waals surface area contributed by atoms with Crippen molar-refractivity contribution in [2.24, 2.45) is 5.41 Å². The molecule has 1 nitrogen and oxygen atoms in total. The van der Waals surface area contributed by atoms with E-state index in [2.05, 4.69) is 74.4 Å². The lowest BCUT2D eigenvalue weighted by molar-refractivity contribution is 0.00256. The van der Waals surface area contributed by atoms with Gasteiger partial charge < -0.3 is 4.90 Å². The lowest BCUT2D eigenvalue weighted by atomic mass is 9.72. The van der Waals surface area contributed by atoms with Crippen LogP contribution in [0.5, 0.6) is 0 Å². The number of nitrogens with zero attached hydrogens (tertiary/aromatic N) is 1. The fourth-order valence-electron chi connectivity index (χ4n) is 6.33. The Labute approximate surface area is 253 Å². The van der Waals surface area contributed by atoms with Gasteiger partial charge in [-0.2, -0.15) is 0 Å². The Bertz CT molecular complexity index is 633. The Balaban J connectivity index is 1.93. The van der Waals surface area contributed by atoms with E-state index in [1.165, 1.54) is 161 Å². The molecular weight excluding hydrogens is 482 g/mol. The molecule has 0 spiro atoms. The molecule has 232 valence electrons. The number of unbranched alkanes of at least 4 members (excludes halogenated alkanes) is 17. The maximum Gasteiger partial charge on any atom is 0.00474 e. The van der Waals surface area contributed by atoms with Crippen molar-refractivity contribution in [3.8, 4) is 0 Å². The first-order valence-electron chi connectivity index (χ1n) is 18.0. The van der Waals surface area contributed by atoms with Gasteiger partial charge in [0.2, 0.25) is 0 Å². The van der Waals surface area contributed by atoms with Crippen LogP contribution in [0.2, 0.25) is 0 Å². The molecule has 0 aliphatic carbocycles. The zero-order valence-corrected chi connectivity index (χ0v) is 27.7. The van der Waals surface area contributed by atoms with Crippen LogP contribution in [0, 0.1) is 5.41 Å². The fraction of sp³-hybridized carbons (Fsp3) is 0.795. The lowest BCUT2D eigenvalue weighted by Gasteiger charge is -2.49. The third kappa shape index (κ3) is 22.6. The molecule has 0 radical (unpaired) electrons. The van der Waals surface area contributed by atoms with E-state index in [1.54, 1.807) is 0 Å². The monoisotopic (exact) mass is 554 g/mol. The molecule has 1 heterocycles. The number of likely N-dealkylation sites (tertiary alicyclic amines) is 1. The zero-order valence-electron chi connectivity index (χ0n) is 27.7. The predicted octanol–water partition coefficient (Wildman–Crippen LogP) is 12.9. The van der Waals surface area contributed by atoms with Crippen molar-refractivity contribution in [3.05, 3.63) is 48.6 Å². The highest BCUT2D eigenvalue weighted by atomic mass is 15.2. The van der Waals surface area contributed by atoms with Gasteiger partial charge in [0.25, 0.3) is 0 Å². The van der Waals surface area contributed by atoms with Crippen LogP contribution in [-0.4, -0.2) is 25.0 Å². The predicted molar refractivity (Wildman–Crippen MR) is 183 cm³/mol. The van der Waals surface area contributed by atoms with Crippen molar-refractivity contribution < 1.29 is 0 Å². The van der Waals surface area contributed by atoms with Crippen LogP contribution in [0.15, 0.2) is 48.6 Å². The first-order chi connectivity index (χ1) is 19.7. The van der Waals surface area contributed by atoms with Crippen LogP contribution in [-0.2, 0) is 0 Å². The molecule has 0 aromatic heterocycles. The second-order valence-corrected chi connectivity index (χ2v) is 13.0. The Kier molecular flexibility index (Phi) is 25.9. The van der Waals surface area contributed by atoms with Crippen molar-refractivity contribution in [2.75, 3.05) is 20.1 Å². The van der Waals surface area contributed by atoms with E-state index in [1.807, 2.05) is 0 Å². The zero-order chi connectivity index (χ0) is 28.8. The minimum absolute atomic E-state index is 0.666. The van der Waals surface area contributed by atoms with Crippen molar-refractivity contribution in [1.82, 2.24) is 4.90 Å². The van der Waals surface area contributed by atoms with E-state index in [-0.39, 0.29) is 0 Å². The van der Waals surface area contributed by atoms with Gasteiger partial charge in [0.05, 0.1) is 0 Å². The van der Waals surface area contributed by atoms with Crippen molar-refractivity contribution in [2.45, 2.75) is 174 Å². The van der Waals surface area contributed by atoms with Gasteiger partial charge in [0.1, 0.15) is 0 Å². The molecular formula is C39H71N. The van der Waals surface area contributed by atoms with Gasteiger partial charge in [-0.25, -0.2) is 0 Å². The van der Waals surface area contributed by atoms with E-state index < -0.39 is 0 Å². The van der Waals surface area contributed by atoms with Crippen LogP contribution in [0.1, 0.15) is 174 Å². The molecule has 0 unspecified atom stereocenters. The summed E-state index contributed by atoms with van der Waals surface area (Å²) in [6.45, 7) is 7.24. The van der Waals surface area contributed by atoms with Gasteiger partial charge in [0, 0.05) is 13.1 Å². The lowest BCUT2D eigenvalue weighted by Crippen LogP contribution is -2.54. The summed E-state index contributed by atoms with van der Waals surface area (Å²) < 4.78 is 0. The van der Waals surface area contributed by atoms with E-state index in [9.17, 15) is 0 Å². The summed E-state index contributed by atoms with van der Waals surface area (Å²) in [5, 5.41) is 0. The summed E-state index contributed by atoms with van der Waals surface area (Å²) in [6.07, 6.45) is 53.0. The first-order valence-corrected chi connectivity index (χ1v) is 18.0. The minimum atomic E-state index is 0.666. The standard InChI is InChI=1S/C39H71N/c1-4-6-8-10-12-14-16-18-20-21-22-24-26-28-30-32-34-36-39(37-40(3)38-39)35-33-31-29-27-25-23-19-17-15-13-11-9-7-5-2/h11-14,17-20H,4-10,15-16,21-38H2,1-3H3/b13-11+,14-12+,19-17+,20-18+. The Morgan fingerprint density at radius 2 is 0.775 bits per heavy atom. The second-order valence-electron chi connectivity index (χ2n) is 13.0. The third-order valence-electron chi connectivity index (χ3n) is 8.78. The van der Waals surface area contributed by atoms with Gasteiger partial charge in [0.15, 0.2) is 0 Å². The third-order valence-corrected chi connectivity index (χ3v) is 8.78. The van der Waals surface area contributed by atoms with Crippen molar-refractivity contribution >= 4 is 0 Å². The number of allylic oxidation sites excluding steroid dienone is 8. The minimum Gasteiger partial charge on any atom is -0.305 e. The highest BCUT2D eigenvalue weighted by Gasteiger charge is 2.39. The van der Waals surface area contributed by atoms with Crippen LogP contribution >= 0.6 is 0 Å². The van der Waals surface area contributed by atoms with Crippen LogP contribution in [0.4, 0.5) is 0 Å². The molecule has 0 aromatic carbocycles. The quantitative estimate of drug-likeness (QED) is 0.0657. The van der Waals surface area contributed by atoms with Gasteiger partial charge in [-0.3, -0.25) is 0 Å². The van der Waals surface area contributed by atoms with Gasteiger partial charge >= 0.3 is 0 Å². The summed E-state index contributed by atoms with van der Waals surface area (Å²) >= 11 is 0. The topological polar surface area (TPSA) is 3.24 Å². The molecule has 1 heteroatoms. The number of hydrogen-bond donors (Lipinski definition) is 0. The van der Waals surface area contributed by atoms with Crippen LogP contribution in [0.3, 0.4) is 0 Å². The summed E-state index contributed by atoms with van der Waals surface area (Å²) in [4.78, 5) is 2.55. The van der Waals surface area contributed by atoms with Crippen molar-refractivity contribution in [1.29, 1.82) is 0 Å². The molecule has 1 aliphatic heterocycles. The van der Waals surface area contributed by atoms with E-state index in [0.717, 1.165) is 12.8 Å². The van der Waals surface area contributed by atoms with E-state index >= 15 is 0 Å². The second kappa shape index (κ2) is 28.1. The maximum atomic E-state index is 2.55. The highest BCUT2D eigenvalue weighted by molar-refractivity contribution is 4.94. The molecule has 0 aromatic rings. The molecule has 0 atom stereocenters. The fourth-order valence-corrected chi connectivity index (χ4v) is 6.33. The molecule has 1 saturated heterocycles. The molecule has 0 N–H and O–H groups in total. The van der Waals surface area contributed by atoms with Crippen LogP contribution in [0.25, 0.3) is 0 Å². The largest absolute Gasteiger partial charge is 0.305 e. The summed E-state index contributed by atoms with van der Waals surface area (Å²) in [6, 6.07) is 0. The van der Waals surface area contributed by atoms with E-state index in [4.69, 9.17) is 0 Å². The Morgan fingerprint density at radius 3 is 1.18 bits per heavy atom. The summed E-state index contributed by atoms with van der Waals surface area (Å²) in [5.74, 6) is 0. The van der Waals surface area contributed by atoms with E-state index in [0.29, 0.717) is 5.41 Å². The summed E-state index contributed by atoms with van der Waals surface area (Å²) in [7, 11) is 2.31. The molecule has 1 aliphatic rings. The molecule has 1 fully saturated rings. The summed E-state index contributed by atoms with van der Waals surface area (Å²) in [5.41, 5.74) is 0.666. The smallest absolute Gasteiger partial charge is 0.00474 e. The SMILES string of the molecule is CCCC/C=C/C/C=C/CCCCCCCC1(CCCCCCCCC/C=C/C/C=C/CCCCC)CN(C)C1. The van der Waals surface area contributed by atoms with Gasteiger partial charge in [-0.05, 0) is 83.1 Å². The number of rotatable bonds is 29. The Morgan fingerprint density at radius 1 is 0.425 bits per heavy atom. The van der Waals surface area contributed by atoms with Crippen molar-refractivity contribution in [3.63, 3.8) is 0 Å². The average molecular weight is 554 g/mol. The molecule has 40 heavy (non-hydrogen) atoms.